The summed E-state index contributed by atoms with van der Waals surface area (Å²) in [6.45, 7) is 8.81. The standard InChI is InChI=1S/C16H28.C2H6/c1-13-3-7-15(8-4-13)11-12-16-9-5-14(2)6-10-16;1-2/h11-16H,3-10H2,1-2H3;1-2H3/b12-11+;. The topological polar surface area (TPSA) is 0 Å². The van der Waals surface area contributed by atoms with Crippen molar-refractivity contribution in [3.8, 4) is 0 Å². The number of rotatable bonds is 2. The maximum absolute atomic E-state index is 2.56. The van der Waals surface area contributed by atoms with Crippen LogP contribution in [0.1, 0.15) is 79.1 Å². The third-order valence-electron chi connectivity index (χ3n) is 4.78. The van der Waals surface area contributed by atoms with Crippen LogP contribution in [-0.4, -0.2) is 0 Å². The van der Waals surface area contributed by atoms with Crippen LogP contribution < -0.4 is 0 Å². The van der Waals surface area contributed by atoms with E-state index in [1.807, 2.05) is 13.8 Å². The zero-order chi connectivity index (χ0) is 13.4. The average Bonchev–Trinajstić information content (AvgIpc) is 2.42. The zero-order valence-electron chi connectivity index (χ0n) is 13.1. The largest absolute Gasteiger partial charge is 0.0851 e. The fourth-order valence-corrected chi connectivity index (χ4v) is 3.27. The van der Waals surface area contributed by atoms with Crippen LogP contribution in [0.15, 0.2) is 12.2 Å². The van der Waals surface area contributed by atoms with Crippen molar-refractivity contribution in [1.82, 2.24) is 0 Å². The van der Waals surface area contributed by atoms with Gasteiger partial charge in [-0.2, -0.15) is 0 Å². The van der Waals surface area contributed by atoms with Crippen molar-refractivity contribution < 1.29 is 0 Å². The lowest BCUT2D eigenvalue weighted by Crippen LogP contribution is -2.12. The molecule has 0 aromatic rings. The molecule has 0 N–H and O–H groups in total. The van der Waals surface area contributed by atoms with E-state index in [2.05, 4.69) is 26.0 Å². The molecule has 0 aliphatic heterocycles. The molecule has 0 spiro atoms. The van der Waals surface area contributed by atoms with E-state index in [4.69, 9.17) is 0 Å². The lowest BCUT2D eigenvalue weighted by molar-refractivity contribution is 0.318. The maximum Gasteiger partial charge on any atom is -0.0233 e. The normalized spacial score (nSPS) is 37.1. The summed E-state index contributed by atoms with van der Waals surface area (Å²) in [4.78, 5) is 0. The van der Waals surface area contributed by atoms with E-state index in [1.54, 1.807) is 0 Å². The average molecular weight is 250 g/mol. The van der Waals surface area contributed by atoms with Gasteiger partial charge in [0.1, 0.15) is 0 Å². The summed E-state index contributed by atoms with van der Waals surface area (Å²) in [5.41, 5.74) is 0. The fourth-order valence-electron chi connectivity index (χ4n) is 3.27. The minimum absolute atomic E-state index is 0.913. The first-order valence-electron chi connectivity index (χ1n) is 8.42. The number of hydrogen-bond acceptors (Lipinski definition) is 0. The Bertz CT molecular complexity index is 188. The van der Waals surface area contributed by atoms with Gasteiger partial charge in [0.05, 0.1) is 0 Å². The molecule has 0 heterocycles. The van der Waals surface area contributed by atoms with Crippen LogP contribution >= 0.6 is 0 Å². The van der Waals surface area contributed by atoms with Gasteiger partial charge in [0.2, 0.25) is 0 Å². The van der Waals surface area contributed by atoms with Crippen LogP contribution in [-0.2, 0) is 0 Å². The molecule has 0 heteroatoms. The molecule has 2 rings (SSSR count). The van der Waals surface area contributed by atoms with Gasteiger partial charge in [0.15, 0.2) is 0 Å². The monoisotopic (exact) mass is 250 g/mol. The van der Waals surface area contributed by atoms with Gasteiger partial charge in [-0.25, -0.2) is 0 Å². The van der Waals surface area contributed by atoms with E-state index >= 15 is 0 Å². The third-order valence-corrected chi connectivity index (χ3v) is 4.78. The molecule has 0 amide bonds. The van der Waals surface area contributed by atoms with Gasteiger partial charge in [0.25, 0.3) is 0 Å². The molecule has 2 aliphatic carbocycles. The van der Waals surface area contributed by atoms with Crippen molar-refractivity contribution in [2.75, 3.05) is 0 Å². The number of hydrogen-bond donors (Lipinski definition) is 0. The second kappa shape index (κ2) is 8.77. The van der Waals surface area contributed by atoms with Crippen LogP contribution in [0.5, 0.6) is 0 Å². The first-order chi connectivity index (χ1) is 8.74. The first-order valence-corrected chi connectivity index (χ1v) is 8.42. The summed E-state index contributed by atoms with van der Waals surface area (Å²) in [5.74, 6) is 3.80. The van der Waals surface area contributed by atoms with Gasteiger partial charge < -0.3 is 0 Å². The summed E-state index contributed by atoms with van der Waals surface area (Å²) in [7, 11) is 0. The highest BCUT2D eigenvalue weighted by Gasteiger charge is 2.18. The van der Waals surface area contributed by atoms with Crippen molar-refractivity contribution in [2.45, 2.75) is 79.1 Å². The summed E-state index contributed by atoms with van der Waals surface area (Å²) >= 11 is 0. The van der Waals surface area contributed by atoms with E-state index in [9.17, 15) is 0 Å². The minimum atomic E-state index is 0.913. The Balaban J connectivity index is 0.000000771. The highest BCUT2D eigenvalue weighted by Crippen LogP contribution is 2.32. The fraction of sp³-hybridized carbons (Fsp3) is 0.889. The Kier molecular flexibility index (Phi) is 7.70. The molecule has 106 valence electrons. The molecule has 18 heavy (non-hydrogen) atoms. The molecule has 0 saturated heterocycles. The van der Waals surface area contributed by atoms with Crippen molar-refractivity contribution in [3.05, 3.63) is 12.2 Å². The molecule has 0 aromatic carbocycles. The Morgan fingerprint density at radius 3 is 1.11 bits per heavy atom. The molecular formula is C18H34. The molecule has 0 aromatic heterocycles. The van der Waals surface area contributed by atoms with Crippen LogP contribution in [0.3, 0.4) is 0 Å². The molecule has 2 fully saturated rings. The molecule has 2 saturated carbocycles. The van der Waals surface area contributed by atoms with Gasteiger partial charge in [-0.15, -0.1) is 0 Å². The van der Waals surface area contributed by atoms with Crippen molar-refractivity contribution >= 4 is 0 Å². The zero-order valence-corrected chi connectivity index (χ0v) is 13.1. The Morgan fingerprint density at radius 1 is 0.556 bits per heavy atom. The van der Waals surface area contributed by atoms with Crippen LogP contribution in [0, 0.1) is 23.7 Å². The Hall–Kier alpha value is -0.260. The summed E-state index contributed by atoms with van der Waals surface area (Å²) in [6.07, 6.45) is 16.7. The molecule has 0 radical (unpaired) electrons. The van der Waals surface area contributed by atoms with E-state index in [0.717, 1.165) is 23.7 Å². The van der Waals surface area contributed by atoms with Crippen molar-refractivity contribution in [1.29, 1.82) is 0 Å². The molecule has 0 nitrogen and oxygen atoms in total. The van der Waals surface area contributed by atoms with Gasteiger partial charge >= 0.3 is 0 Å². The van der Waals surface area contributed by atoms with Crippen molar-refractivity contribution in [3.63, 3.8) is 0 Å². The van der Waals surface area contributed by atoms with E-state index < -0.39 is 0 Å². The van der Waals surface area contributed by atoms with Gasteiger partial charge in [0, 0.05) is 0 Å². The molecule has 0 atom stereocenters. The van der Waals surface area contributed by atoms with E-state index in [-0.39, 0.29) is 0 Å². The predicted octanol–water partition coefficient (Wildman–Crippen LogP) is 6.22. The van der Waals surface area contributed by atoms with Crippen LogP contribution in [0.2, 0.25) is 0 Å². The Labute approximate surface area is 115 Å². The quantitative estimate of drug-likeness (QED) is 0.510. The minimum Gasteiger partial charge on any atom is -0.0851 e. The van der Waals surface area contributed by atoms with E-state index in [0.29, 0.717) is 0 Å². The van der Waals surface area contributed by atoms with E-state index in [1.165, 1.54) is 51.4 Å². The lowest BCUT2D eigenvalue weighted by atomic mass is 9.80. The predicted molar refractivity (Wildman–Crippen MR) is 82.7 cm³/mol. The molecule has 2 aliphatic rings. The molecule has 0 unspecified atom stereocenters. The second-order valence-corrected chi connectivity index (χ2v) is 6.42. The van der Waals surface area contributed by atoms with Crippen LogP contribution in [0.4, 0.5) is 0 Å². The second-order valence-electron chi connectivity index (χ2n) is 6.42. The summed E-state index contributed by atoms with van der Waals surface area (Å²) in [5, 5.41) is 0. The summed E-state index contributed by atoms with van der Waals surface area (Å²) < 4.78 is 0. The van der Waals surface area contributed by atoms with Gasteiger partial charge in [-0.05, 0) is 49.4 Å². The SMILES string of the molecule is CC.CC1CCC(/C=C/C2CCC(C)CC2)CC1. The highest BCUT2D eigenvalue weighted by atomic mass is 14.2. The number of allylic oxidation sites excluding steroid dienone is 2. The Morgan fingerprint density at radius 2 is 0.833 bits per heavy atom. The van der Waals surface area contributed by atoms with Gasteiger partial charge in [-0.1, -0.05) is 65.5 Å². The smallest absolute Gasteiger partial charge is 0.0233 e. The third kappa shape index (κ3) is 5.59. The maximum atomic E-state index is 2.56. The highest BCUT2D eigenvalue weighted by molar-refractivity contribution is 4.95. The molecular weight excluding hydrogens is 216 g/mol. The van der Waals surface area contributed by atoms with Gasteiger partial charge in [-0.3, -0.25) is 0 Å². The molecule has 0 bridgehead atoms. The first kappa shape index (κ1) is 15.8. The lowest BCUT2D eigenvalue weighted by Gasteiger charge is -2.26. The summed E-state index contributed by atoms with van der Waals surface area (Å²) in [6, 6.07) is 0. The van der Waals surface area contributed by atoms with Crippen LogP contribution in [0.25, 0.3) is 0 Å². The van der Waals surface area contributed by atoms with Crippen molar-refractivity contribution in [2.24, 2.45) is 23.7 Å².